The van der Waals surface area contributed by atoms with Gasteiger partial charge in [-0.05, 0) is 62.6 Å². The Bertz CT molecular complexity index is 835. The molecule has 3 rings (SSSR count). The molecule has 0 saturated carbocycles. The molecule has 0 saturated heterocycles. The largest absolute Gasteiger partial charge is 0.493 e. The molecule has 0 fully saturated rings. The fourth-order valence-electron chi connectivity index (χ4n) is 3.56. The van der Waals surface area contributed by atoms with Crippen LogP contribution in [0.25, 0.3) is 0 Å². The molecule has 0 unspecified atom stereocenters. The number of hydrogen-bond acceptors (Lipinski definition) is 5. The molecule has 1 aromatic heterocycles. The maximum atomic E-state index is 12.3. The van der Waals surface area contributed by atoms with Crippen LogP contribution in [0, 0.1) is 0 Å². The summed E-state index contributed by atoms with van der Waals surface area (Å²) in [5.41, 5.74) is 3.91. The summed E-state index contributed by atoms with van der Waals surface area (Å²) in [6, 6.07) is 8.16. The molecule has 6 nitrogen and oxygen atoms in total. The quantitative estimate of drug-likeness (QED) is 0.876. The smallest absolute Gasteiger partial charge is 0.270 e. The molecule has 6 heteroatoms. The number of ether oxygens (including phenoxy) is 2. The first-order valence-corrected chi connectivity index (χ1v) is 9.23. The molecule has 144 valence electrons. The van der Waals surface area contributed by atoms with Crippen LogP contribution in [0.4, 0.5) is 5.69 Å². The third-order valence-corrected chi connectivity index (χ3v) is 4.91. The Labute approximate surface area is 160 Å². The fraction of sp³-hybridized carbons (Fsp3) is 0.429. The second-order valence-electron chi connectivity index (χ2n) is 7.05. The maximum absolute atomic E-state index is 12.3. The third kappa shape index (κ3) is 3.84. The topological polar surface area (TPSA) is 63.7 Å². The lowest BCUT2D eigenvalue weighted by molar-refractivity contribution is 0.0938. The lowest BCUT2D eigenvalue weighted by Gasteiger charge is -2.37. The minimum atomic E-state index is -0.150. The van der Waals surface area contributed by atoms with Crippen molar-refractivity contribution in [3.05, 3.63) is 47.3 Å². The molecular weight excluding hydrogens is 342 g/mol. The number of anilines is 1. The highest BCUT2D eigenvalue weighted by molar-refractivity contribution is 5.93. The van der Waals surface area contributed by atoms with Gasteiger partial charge in [0.1, 0.15) is 5.69 Å². The Hall–Kier alpha value is -2.76. The van der Waals surface area contributed by atoms with E-state index < -0.39 is 0 Å². The van der Waals surface area contributed by atoms with Crippen LogP contribution in [0.2, 0.25) is 0 Å². The van der Waals surface area contributed by atoms with Crippen molar-refractivity contribution in [1.82, 2.24) is 10.3 Å². The van der Waals surface area contributed by atoms with E-state index in [4.69, 9.17) is 9.47 Å². The van der Waals surface area contributed by atoms with Crippen LogP contribution in [0.3, 0.4) is 0 Å². The van der Waals surface area contributed by atoms with Crippen molar-refractivity contribution in [2.75, 3.05) is 25.7 Å². The zero-order valence-corrected chi connectivity index (χ0v) is 16.6. The number of aromatic nitrogens is 1. The second kappa shape index (κ2) is 7.86. The van der Waals surface area contributed by atoms with Crippen molar-refractivity contribution in [3.63, 3.8) is 0 Å². The minimum absolute atomic E-state index is 0.0752. The Morgan fingerprint density at radius 1 is 1.22 bits per heavy atom. The third-order valence-electron chi connectivity index (χ3n) is 4.91. The van der Waals surface area contributed by atoms with Gasteiger partial charge in [0.25, 0.3) is 5.91 Å². The van der Waals surface area contributed by atoms with Crippen LogP contribution in [-0.4, -0.2) is 37.7 Å². The number of amides is 1. The molecule has 0 aliphatic carbocycles. The zero-order chi connectivity index (χ0) is 19.6. The first-order chi connectivity index (χ1) is 12.9. The van der Waals surface area contributed by atoms with E-state index in [1.807, 2.05) is 26.0 Å². The van der Waals surface area contributed by atoms with E-state index in [9.17, 15) is 4.79 Å². The molecule has 0 radical (unpaired) electrons. The molecule has 2 heterocycles. The summed E-state index contributed by atoms with van der Waals surface area (Å²) in [6.45, 7) is 6.90. The lowest BCUT2D eigenvalue weighted by Crippen LogP contribution is -2.35. The van der Waals surface area contributed by atoms with Crippen LogP contribution in [-0.2, 0) is 6.42 Å². The van der Waals surface area contributed by atoms with E-state index in [2.05, 4.69) is 34.3 Å². The first kappa shape index (κ1) is 19.0. The molecule has 1 aliphatic heterocycles. The van der Waals surface area contributed by atoms with Gasteiger partial charge in [-0.15, -0.1) is 0 Å². The number of carbonyl (C=O) groups is 1. The lowest BCUT2D eigenvalue weighted by atomic mass is 9.92. The predicted octanol–water partition coefficient (Wildman–Crippen LogP) is 3.36. The average molecular weight is 369 g/mol. The highest BCUT2D eigenvalue weighted by Gasteiger charge is 2.26. The van der Waals surface area contributed by atoms with Gasteiger partial charge < -0.3 is 19.7 Å². The van der Waals surface area contributed by atoms with Crippen molar-refractivity contribution >= 4 is 11.6 Å². The average Bonchev–Trinajstić information content (AvgIpc) is 2.67. The SMILES string of the molecule is COc1cc2c(cc1OC)[C@H](C)N(c1ccnc(C(=O)NC(C)C)c1)CC2. The number of methoxy groups -OCH3 is 2. The van der Waals surface area contributed by atoms with Crippen molar-refractivity contribution in [1.29, 1.82) is 0 Å². The number of hydrogen-bond donors (Lipinski definition) is 1. The maximum Gasteiger partial charge on any atom is 0.270 e. The number of nitrogens with one attached hydrogen (secondary N) is 1. The highest BCUT2D eigenvalue weighted by atomic mass is 16.5. The molecule has 2 aromatic rings. The Kier molecular flexibility index (Phi) is 5.54. The van der Waals surface area contributed by atoms with E-state index in [0.29, 0.717) is 5.69 Å². The number of rotatable bonds is 5. The van der Waals surface area contributed by atoms with Crippen LogP contribution in [0.5, 0.6) is 11.5 Å². The highest BCUT2D eigenvalue weighted by Crippen LogP contribution is 2.39. The molecular formula is C21H27N3O3. The molecule has 0 bridgehead atoms. The summed E-state index contributed by atoms with van der Waals surface area (Å²) < 4.78 is 10.9. The Morgan fingerprint density at radius 3 is 2.59 bits per heavy atom. The second-order valence-corrected chi connectivity index (χ2v) is 7.05. The van der Waals surface area contributed by atoms with Gasteiger partial charge in [0.15, 0.2) is 11.5 Å². The van der Waals surface area contributed by atoms with Crippen molar-refractivity contribution in [2.45, 2.75) is 39.3 Å². The normalized spacial score (nSPS) is 16.1. The summed E-state index contributed by atoms with van der Waals surface area (Å²) in [6.07, 6.45) is 2.59. The van der Waals surface area contributed by atoms with E-state index >= 15 is 0 Å². The molecule has 1 amide bonds. The first-order valence-electron chi connectivity index (χ1n) is 9.23. The zero-order valence-electron chi connectivity index (χ0n) is 16.6. The van der Waals surface area contributed by atoms with Gasteiger partial charge in [0.05, 0.1) is 20.3 Å². The van der Waals surface area contributed by atoms with Gasteiger partial charge in [-0.3, -0.25) is 9.78 Å². The van der Waals surface area contributed by atoms with E-state index in [-0.39, 0.29) is 18.0 Å². The van der Waals surface area contributed by atoms with Crippen molar-refractivity contribution in [2.24, 2.45) is 0 Å². The van der Waals surface area contributed by atoms with Crippen molar-refractivity contribution < 1.29 is 14.3 Å². The van der Waals surface area contributed by atoms with Crippen molar-refractivity contribution in [3.8, 4) is 11.5 Å². The number of nitrogens with zero attached hydrogens (tertiary/aromatic N) is 2. The number of carbonyl (C=O) groups excluding carboxylic acids is 1. The van der Waals surface area contributed by atoms with Gasteiger partial charge >= 0.3 is 0 Å². The van der Waals surface area contributed by atoms with Gasteiger partial charge in [-0.2, -0.15) is 0 Å². The number of fused-ring (bicyclic) bond motifs is 1. The van der Waals surface area contributed by atoms with E-state index in [1.165, 1.54) is 11.1 Å². The fourth-order valence-corrected chi connectivity index (χ4v) is 3.56. The minimum Gasteiger partial charge on any atom is -0.493 e. The Morgan fingerprint density at radius 2 is 1.93 bits per heavy atom. The molecule has 1 N–H and O–H groups in total. The Balaban J connectivity index is 1.91. The monoisotopic (exact) mass is 369 g/mol. The van der Waals surface area contributed by atoms with Gasteiger partial charge in [-0.1, -0.05) is 0 Å². The summed E-state index contributed by atoms with van der Waals surface area (Å²) in [5.74, 6) is 1.34. The number of pyridine rings is 1. The van der Waals surface area contributed by atoms with Crippen LogP contribution >= 0.6 is 0 Å². The summed E-state index contributed by atoms with van der Waals surface area (Å²) in [4.78, 5) is 18.8. The van der Waals surface area contributed by atoms with E-state index in [0.717, 1.165) is 30.2 Å². The summed E-state index contributed by atoms with van der Waals surface area (Å²) in [7, 11) is 3.31. The standard InChI is InChI=1S/C21H27N3O3/c1-13(2)23-21(25)18-11-16(6-8-22-18)24-9-7-15-10-19(26-4)20(27-5)12-17(15)14(24)3/h6,8,10-14H,7,9H2,1-5H3,(H,23,25)/t14-/m0/s1. The molecule has 1 aliphatic rings. The number of benzene rings is 1. The van der Waals surface area contributed by atoms with Gasteiger partial charge in [-0.25, -0.2) is 0 Å². The molecule has 0 spiro atoms. The van der Waals surface area contributed by atoms with E-state index in [1.54, 1.807) is 20.4 Å². The van der Waals surface area contributed by atoms with Crippen LogP contribution < -0.4 is 19.7 Å². The molecule has 1 atom stereocenters. The summed E-state index contributed by atoms with van der Waals surface area (Å²) >= 11 is 0. The predicted molar refractivity (Wildman–Crippen MR) is 106 cm³/mol. The van der Waals surface area contributed by atoms with Gasteiger partial charge in [0, 0.05) is 24.5 Å². The molecule has 1 aromatic carbocycles. The van der Waals surface area contributed by atoms with Crippen LogP contribution in [0.1, 0.15) is 48.4 Å². The van der Waals surface area contributed by atoms with Crippen LogP contribution in [0.15, 0.2) is 30.5 Å². The van der Waals surface area contributed by atoms with Gasteiger partial charge in [0.2, 0.25) is 0 Å². The summed E-state index contributed by atoms with van der Waals surface area (Å²) in [5, 5.41) is 2.89. The molecule has 27 heavy (non-hydrogen) atoms.